The molecule has 0 saturated heterocycles. The zero-order chi connectivity index (χ0) is 20.7. The molecule has 28 heavy (non-hydrogen) atoms. The molecule has 8 nitrogen and oxygen atoms in total. The topological polar surface area (TPSA) is 108 Å². The first-order chi connectivity index (χ1) is 13.3. The van der Waals surface area contributed by atoms with Crippen molar-refractivity contribution in [2.45, 2.75) is 26.7 Å². The SMILES string of the molecule is Cc1ccc([N+](=O)[O-])cc1NC(=O)COC(=O)COc1ccc(C(C)C)cc1. The fraction of sp³-hybridized carbons (Fsp3) is 0.300. The van der Waals surface area contributed by atoms with Gasteiger partial charge >= 0.3 is 5.97 Å². The van der Waals surface area contributed by atoms with Crippen LogP contribution in [0.25, 0.3) is 0 Å². The van der Waals surface area contributed by atoms with Crippen LogP contribution in [0.1, 0.15) is 30.9 Å². The Bertz CT molecular complexity index is 861. The number of benzene rings is 2. The molecule has 2 aromatic rings. The predicted octanol–water partition coefficient (Wildman–Crippen LogP) is 3.59. The summed E-state index contributed by atoms with van der Waals surface area (Å²) >= 11 is 0. The van der Waals surface area contributed by atoms with Gasteiger partial charge in [-0.25, -0.2) is 4.79 Å². The number of amides is 1. The lowest BCUT2D eigenvalue weighted by Crippen LogP contribution is -2.24. The van der Waals surface area contributed by atoms with Gasteiger partial charge in [-0.2, -0.15) is 0 Å². The maximum absolute atomic E-state index is 11.9. The molecule has 0 saturated carbocycles. The summed E-state index contributed by atoms with van der Waals surface area (Å²) in [5.41, 5.74) is 1.95. The Hall–Kier alpha value is -3.42. The molecule has 0 bridgehead atoms. The Morgan fingerprint density at radius 1 is 1.11 bits per heavy atom. The van der Waals surface area contributed by atoms with Crippen LogP contribution in [0, 0.1) is 17.0 Å². The number of ether oxygens (including phenoxy) is 2. The number of nitro groups is 1. The Morgan fingerprint density at radius 2 is 1.79 bits per heavy atom. The minimum atomic E-state index is -0.696. The molecule has 2 rings (SSSR count). The van der Waals surface area contributed by atoms with Crippen LogP contribution in [0.5, 0.6) is 5.75 Å². The fourth-order valence-electron chi connectivity index (χ4n) is 2.32. The van der Waals surface area contributed by atoms with E-state index in [1.165, 1.54) is 18.2 Å². The number of hydrogen-bond acceptors (Lipinski definition) is 6. The van der Waals surface area contributed by atoms with Gasteiger partial charge in [0.15, 0.2) is 13.2 Å². The van der Waals surface area contributed by atoms with Crippen molar-refractivity contribution >= 4 is 23.3 Å². The van der Waals surface area contributed by atoms with Gasteiger partial charge in [-0.05, 0) is 36.1 Å². The van der Waals surface area contributed by atoms with E-state index >= 15 is 0 Å². The second kappa shape index (κ2) is 9.50. The quantitative estimate of drug-likeness (QED) is 0.422. The monoisotopic (exact) mass is 386 g/mol. The molecule has 8 heteroatoms. The lowest BCUT2D eigenvalue weighted by molar-refractivity contribution is -0.384. The van der Waals surface area contributed by atoms with Crippen molar-refractivity contribution in [3.8, 4) is 5.75 Å². The van der Waals surface area contributed by atoms with Crippen molar-refractivity contribution in [1.29, 1.82) is 0 Å². The number of nitro benzene ring substituents is 1. The van der Waals surface area contributed by atoms with Crippen LogP contribution in [-0.2, 0) is 14.3 Å². The van der Waals surface area contributed by atoms with E-state index in [1.807, 2.05) is 12.1 Å². The zero-order valence-electron chi connectivity index (χ0n) is 15.9. The molecule has 1 N–H and O–H groups in total. The minimum Gasteiger partial charge on any atom is -0.482 e. The molecule has 0 aromatic heterocycles. The fourth-order valence-corrected chi connectivity index (χ4v) is 2.32. The number of nitrogens with zero attached hydrogens (tertiary/aromatic N) is 1. The van der Waals surface area contributed by atoms with E-state index in [-0.39, 0.29) is 18.0 Å². The molecule has 0 aliphatic carbocycles. The minimum absolute atomic E-state index is 0.144. The molecular formula is C20H22N2O6. The summed E-state index contributed by atoms with van der Waals surface area (Å²) in [5, 5.41) is 13.3. The Labute approximate surface area is 162 Å². The molecule has 0 heterocycles. The summed E-state index contributed by atoms with van der Waals surface area (Å²) in [6.07, 6.45) is 0. The van der Waals surface area contributed by atoms with E-state index < -0.39 is 23.4 Å². The van der Waals surface area contributed by atoms with Crippen molar-refractivity contribution in [3.63, 3.8) is 0 Å². The van der Waals surface area contributed by atoms with E-state index in [4.69, 9.17) is 9.47 Å². The molecule has 0 aliphatic rings. The van der Waals surface area contributed by atoms with Crippen LogP contribution >= 0.6 is 0 Å². The van der Waals surface area contributed by atoms with E-state index in [9.17, 15) is 19.7 Å². The molecule has 0 fully saturated rings. The van der Waals surface area contributed by atoms with E-state index in [0.717, 1.165) is 5.56 Å². The third-order valence-electron chi connectivity index (χ3n) is 3.97. The van der Waals surface area contributed by atoms with Crippen LogP contribution in [0.2, 0.25) is 0 Å². The van der Waals surface area contributed by atoms with Gasteiger partial charge in [0.1, 0.15) is 5.75 Å². The number of esters is 1. The molecule has 0 atom stereocenters. The van der Waals surface area contributed by atoms with Gasteiger partial charge in [0.25, 0.3) is 11.6 Å². The summed E-state index contributed by atoms with van der Waals surface area (Å²) in [6.45, 7) is 5.01. The molecular weight excluding hydrogens is 364 g/mol. The molecule has 0 unspecified atom stereocenters. The van der Waals surface area contributed by atoms with E-state index in [2.05, 4.69) is 19.2 Å². The maximum atomic E-state index is 11.9. The van der Waals surface area contributed by atoms with Crippen molar-refractivity contribution in [2.24, 2.45) is 0 Å². The first kappa shape index (κ1) is 20.9. The predicted molar refractivity (Wildman–Crippen MR) is 103 cm³/mol. The summed E-state index contributed by atoms with van der Waals surface area (Å²) in [7, 11) is 0. The van der Waals surface area contributed by atoms with E-state index in [1.54, 1.807) is 19.1 Å². The number of carbonyl (C=O) groups is 2. The summed E-state index contributed by atoms with van der Waals surface area (Å²) in [6, 6.07) is 11.5. The zero-order valence-corrected chi connectivity index (χ0v) is 15.9. The van der Waals surface area contributed by atoms with Crippen molar-refractivity contribution < 1.29 is 24.0 Å². The Morgan fingerprint density at radius 3 is 2.39 bits per heavy atom. The first-order valence-electron chi connectivity index (χ1n) is 8.69. The number of hydrogen-bond donors (Lipinski definition) is 1. The van der Waals surface area contributed by atoms with Gasteiger partial charge in [-0.3, -0.25) is 14.9 Å². The van der Waals surface area contributed by atoms with Gasteiger partial charge in [0, 0.05) is 12.1 Å². The van der Waals surface area contributed by atoms with Crippen molar-refractivity contribution in [2.75, 3.05) is 18.5 Å². The second-order valence-electron chi connectivity index (χ2n) is 6.48. The standard InChI is InChI=1S/C20H22N2O6/c1-13(2)15-5-8-17(9-6-15)27-12-20(24)28-11-19(23)21-18-10-16(22(25)26)7-4-14(18)3/h4-10,13H,11-12H2,1-3H3,(H,21,23). The summed E-state index contributed by atoms with van der Waals surface area (Å²) < 4.78 is 10.2. The van der Waals surface area contributed by atoms with Gasteiger partial charge in [0.2, 0.25) is 0 Å². The third-order valence-corrected chi connectivity index (χ3v) is 3.97. The van der Waals surface area contributed by atoms with Gasteiger partial charge in [0.05, 0.1) is 10.6 Å². The highest BCUT2D eigenvalue weighted by Crippen LogP contribution is 2.22. The molecule has 0 aliphatic heterocycles. The number of non-ortho nitro benzene ring substituents is 1. The van der Waals surface area contributed by atoms with Gasteiger partial charge in [-0.15, -0.1) is 0 Å². The highest BCUT2D eigenvalue weighted by molar-refractivity contribution is 5.93. The summed E-state index contributed by atoms with van der Waals surface area (Å²) in [5.74, 6) is -0.373. The van der Waals surface area contributed by atoms with Crippen molar-refractivity contribution in [3.05, 3.63) is 63.7 Å². The van der Waals surface area contributed by atoms with Crippen LogP contribution < -0.4 is 10.1 Å². The highest BCUT2D eigenvalue weighted by atomic mass is 16.6. The van der Waals surface area contributed by atoms with Crippen LogP contribution in [0.4, 0.5) is 11.4 Å². The van der Waals surface area contributed by atoms with E-state index in [0.29, 0.717) is 17.2 Å². The number of aryl methyl sites for hydroxylation is 1. The average molecular weight is 386 g/mol. The van der Waals surface area contributed by atoms with Crippen LogP contribution in [0.15, 0.2) is 42.5 Å². The average Bonchev–Trinajstić information content (AvgIpc) is 2.66. The molecule has 0 spiro atoms. The Balaban J connectivity index is 1.80. The lowest BCUT2D eigenvalue weighted by atomic mass is 10.0. The second-order valence-corrected chi connectivity index (χ2v) is 6.48. The smallest absolute Gasteiger partial charge is 0.344 e. The number of anilines is 1. The lowest BCUT2D eigenvalue weighted by Gasteiger charge is -2.10. The first-order valence-corrected chi connectivity index (χ1v) is 8.69. The molecule has 2 aromatic carbocycles. The van der Waals surface area contributed by atoms with Crippen molar-refractivity contribution in [1.82, 2.24) is 0 Å². The maximum Gasteiger partial charge on any atom is 0.344 e. The van der Waals surface area contributed by atoms with Gasteiger partial charge < -0.3 is 14.8 Å². The third kappa shape index (κ3) is 6.08. The highest BCUT2D eigenvalue weighted by Gasteiger charge is 2.13. The largest absolute Gasteiger partial charge is 0.482 e. The number of carbonyl (C=O) groups excluding carboxylic acids is 2. The summed E-state index contributed by atoms with van der Waals surface area (Å²) in [4.78, 5) is 33.9. The van der Waals surface area contributed by atoms with Gasteiger partial charge in [-0.1, -0.05) is 32.0 Å². The molecule has 1 amide bonds. The van der Waals surface area contributed by atoms with Crippen LogP contribution in [-0.4, -0.2) is 30.0 Å². The molecule has 0 radical (unpaired) electrons. The Kier molecular flexibility index (Phi) is 7.08. The normalized spacial score (nSPS) is 10.4. The number of rotatable bonds is 8. The van der Waals surface area contributed by atoms with Crippen LogP contribution in [0.3, 0.4) is 0 Å². The molecule has 148 valence electrons. The number of nitrogens with one attached hydrogen (secondary N) is 1.